The molecule has 202 valence electrons. The monoisotopic (exact) mass is 742 g/mol. The fourth-order valence-electron chi connectivity index (χ4n) is 5.32. The van der Waals surface area contributed by atoms with Crippen LogP contribution in [0.25, 0.3) is 20.2 Å². The standard InChI is InChI=1S/C26H36S2.6CH3.2Sn/c1-3-5-7-9-11-13-15-21-23-17-19-28-26(23)22(24-18-20-27-25(21)24)16-14-12-10-8-6-4-2;;;;;;;;/h17-18H,3-16H2,1-2H3;6*1H3;;. The van der Waals surface area contributed by atoms with Gasteiger partial charge in [0.2, 0.25) is 0 Å². The van der Waals surface area contributed by atoms with Gasteiger partial charge in [0.05, 0.1) is 0 Å². The second-order valence-corrected chi connectivity index (χ2v) is 46.1. The van der Waals surface area contributed by atoms with Crippen molar-refractivity contribution in [3.63, 3.8) is 0 Å². The normalized spacial score (nSPS) is 12.9. The summed E-state index contributed by atoms with van der Waals surface area (Å²) in [6, 6.07) is 5.40. The number of hydrogen-bond donors (Lipinski definition) is 0. The van der Waals surface area contributed by atoms with Crippen molar-refractivity contribution < 1.29 is 0 Å². The number of thiophene rings is 2. The van der Waals surface area contributed by atoms with Crippen molar-refractivity contribution in [3.05, 3.63) is 23.3 Å². The Morgan fingerprint density at radius 2 is 0.833 bits per heavy atom. The SMILES string of the molecule is CCCCCCCCc1c2c[c]([Sn]([CH3])([CH3])[CH3])sc2c(CCCCCCCC)c2c[c]([Sn]([CH3])([CH3])[CH3])sc12. The summed E-state index contributed by atoms with van der Waals surface area (Å²) < 4.78 is 6.93. The van der Waals surface area contributed by atoms with E-state index in [4.69, 9.17) is 0 Å². The van der Waals surface area contributed by atoms with Gasteiger partial charge in [-0.25, -0.2) is 0 Å². The molecular weight excluding hydrogens is 686 g/mol. The Morgan fingerprint density at radius 3 is 1.17 bits per heavy atom. The van der Waals surface area contributed by atoms with Crippen LogP contribution in [0, 0.1) is 0 Å². The third kappa shape index (κ3) is 8.37. The fraction of sp³-hybridized carbons (Fsp3) is 0.688. The maximum atomic E-state index is 2.70. The van der Waals surface area contributed by atoms with E-state index in [9.17, 15) is 0 Å². The number of fused-ring (bicyclic) bond motifs is 2. The van der Waals surface area contributed by atoms with Crippen LogP contribution in [-0.2, 0) is 12.8 Å². The molecule has 0 aliphatic rings. The van der Waals surface area contributed by atoms with Gasteiger partial charge in [0.25, 0.3) is 0 Å². The van der Waals surface area contributed by atoms with Gasteiger partial charge in [-0.1, -0.05) is 0 Å². The molecule has 0 fully saturated rings. The minimum atomic E-state index is -2.13. The Kier molecular flexibility index (Phi) is 12.5. The van der Waals surface area contributed by atoms with Crippen molar-refractivity contribution in [3.8, 4) is 0 Å². The van der Waals surface area contributed by atoms with Gasteiger partial charge in [0.15, 0.2) is 0 Å². The summed E-state index contributed by atoms with van der Waals surface area (Å²) in [7, 11) is 0. The number of benzene rings is 1. The molecular formula is C32H54S2Sn2. The number of hydrogen-bond acceptors (Lipinski definition) is 2. The Labute approximate surface area is 239 Å². The number of aryl methyl sites for hydroxylation is 2. The maximum absolute atomic E-state index is 2.70. The van der Waals surface area contributed by atoms with Crippen molar-refractivity contribution >= 4 is 85.4 Å². The quantitative estimate of drug-likeness (QED) is 0.101. The summed E-state index contributed by atoms with van der Waals surface area (Å²) >= 11 is 0.173. The first-order chi connectivity index (χ1) is 17.1. The topological polar surface area (TPSA) is 0 Å². The first-order valence-electron chi connectivity index (χ1n) is 15.1. The molecule has 0 atom stereocenters. The fourth-order valence-corrected chi connectivity index (χ4v) is 18.3. The van der Waals surface area contributed by atoms with E-state index in [1.165, 1.54) is 89.9 Å². The molecule has 0 unspecified atom stereocenters. The molecule has 1 aromatic carbocycles. The molecule has 0 saturated carbocycles. The van der Waals surface area contributed by atoms with Gasteiger partial charge in [0.1, 0.15) is 0 Å². The van der Waals surface area contributed by atoms with Crippen LogP contribution in [0.2, 0.25) is 29.6 Å². The molecule has 2 heterocycles. The van der Waals surface area contributed by atoms with Gasteiger partial charge in [-0.2, -0.15) is 0 Å². The van der Waals surface area contributed by atoms with Crippen LogP contribution >= 0.6 is 22.7 Å². The van der Waals surface area contributed by atoms with Crippen molar-refractivity contribution in [1.29, 1.82) is 0 Å². The van der Waals surface area contributed by atoms with E-state index in [0.29, 0.717) is 0 Å². The van der Waals surface area contributed by atoms with Gasteiger partial charge in [-0.05, 0) is 0 Å². The number of rotatable bonds is 16. The Hall–Kier alpha value is 0.737. The third-order valence-corrected chi connectivity index (χ3v) is 28.9. The Morgan fingerprint density at radius 1 is 0.500 bits per heavy atom. The molecule has 3 rings (SSSR count). The van der Waals surface area contributed by atoms with Gasteiger partial charge in [-0.3, -0.25) is 0 Å². The summed E-state index contributed by atoms with van der Waals surface area (Å²) in [4.78, 5) is 15.6. The summed E-state index contributed by atoms with van der Waals surface area (Å²) in [5, 5.41) is 3.34. The molecule has 0 saturated heterocycles. The van der Waals surface area contributed by atoms with Crippen LogP contribution in [0.4, 0.5) is 0 Å². The first-order valence-corrected chi connectivity index (χ1v) is 36.7. The molecule has 2 aromatic heterocycles. The molecule has 4 heteroatoms. The zero-order valence-corrected chi connectivity index (χ0v) is 32.2. The van der Waals surface area contributed by atoms with Crippen molar-refractivity contribution in [2.24, 2.45) is 0 Å². The summed E-state index contributed by atoms with van der Waals surface area (Å²) in [5.41, 5.74) is 3.46. The number of unbranched alkanes of at least 4 members (excludes halogenated alkanes) is 10. The second-order valence-electron chi connectivity index (χ2n) is 13.2. The minimum absolute atomic E-state index is 1.28. The molecule has 0 N–H and O–H groups in total. The van der Waals surface area contributed by atoms with Gasteiger partial charge in [-0.15, -0.1) is 0 Å². The van der Waals surface area contributed by atoms with E-state index >= 15 is 0 Å². The van der Waals surface area contributed by atoms with E-state index in [-0.39, 0.29) is 0 Å². The van der Waals surface area contributed by atoms with Crippen LogP contribution in [0.15, 0.2) is 12.1 Å². The van der Waals surface area contributed by atoms with Gasteiger partial charge in [0, 0.05) is 0 Å². The average molecular weight is 740 g/mol. The molecule has 0 aliphatic heterocycles. The van der Waals surface area contributed by atoms with E-state index in [2.05, 4.69) is 78.3 Å². The van der Waals surface area contributed by atoms with E-state index in [0.717, 1.165) is 0 Å². The van der Waals surface area contributed by atoms with Crippen molar-refractivity contribution in [1.82, 2.24) is 0 Å². The molecule has 0 spiro atoms. The predicted octanol–water partition coefficient (Wildman–Crippen LogP) is 11.0. The molecule has 0 amide bonds. The Balaban J connectivity index is 2.04. The average Bonchev–Trinajstić information content (AvgIpc) is 3.44. The van der Waals surface area contributed by atoms with E-state index < -0.39 is 36.8 Å². The summed E-state index contributed by atoms with van der Waals surface area (Å²) in [6.07, 6.45) is 19.2. The van der Waals surface area contributed by atoms with Gasteiger partial charge < -0.3 is 0 Å². The third-order valence-electron chi connectivity index (χ3n) is 7.70. The van der Waals surface area contributed by atoms with E-state index in [1.807, 2.05) is 0 Å². The summed E-state index contributed by atoms with van der Waals surface area (Å²) in [6.45, 7) is 4.65. The zero-order chi connectivity index (χ0) is 26.3. The van der Waals surface area contributed by atoms with Crippen LogP contribution in [0.3, 0.4) is 0 Å². The Bertz CT molecular complexity index is 951. The van der Waals surface area contributed by atoms with Crippen LogP contribution < -0.4 is 5.79 Å². The predicted molar refractivity (Wildman–Crippen MR) is 177 cm³/mol. The first kappa shape index (κ1) is 31.3. The van der Waals surface area contributed by atoms with Crippen LogP contribution in [0.5, 0.6) is 0 Å². The van der Waals surface area contributed by atoms with Crippen LogP contribution in [-0.4, -0.2) is 36.8 Å². The van der Waals surface area contributed by atoms with Gasteiger partial charge >= 0.3 is 242 Å². The molecule has 0 nitrogen and oxygen atoms in total. The zero-order valence-electron chi connectivity index (χ0n) is 24.9. The van der Waals surface area contributed by atoms with E-state index in [1.54, 1.807) is 37.1 Å². The molecule has 0 bridgehead atoms. The molecule has 0 radical (unpaired) electrons. The van der Waals surface area contributed by atoms with Crippen LogP contribution in [0.1, 0.15) is 102 Å². The summed E-state index contributed by atoms with van der Waals surface area (Å²) in [5.74, 6) is 0. The second kappa shape index (κ2) is 14.4. The molecule has 0 aliphatic carbocycles. The molecule has 3 aromatic rings. The van der Waals surface area contributed by atoms with Crippen molar-refractivity contribution in [2.75, 3.05) is 0 Å². The molecule has 36 heavy (non-hydrogen) atoms. The van der Waals surface area contributed by atoms with Crippen molar-refractivity contribution in [2.45, 2.75) is 133 Å².